The Bertz CT molecular complexity index is 1260. The number of nitrogens with zero attached hydrogens (tertiary/aromatic N) is 1. The molecule has 4 aromatic rings. The van der Waals surface area contributed by atoms with E-state index in [0.29, 0.717) is 16.7 Å². The molecule has 150 valence electrons. The number of aromatic hydroxyl groups is 1. The number of carbonyl (C=O) groups excluding carboxylic acids is 1. The average Bonchev–Trinajstić information content (AvgIpc) is 2.78. The van der Waals surface area contributed by atoms with Crippen molar-refractivity contribution in [2.24, 2.45) is 7.05 Å². The van der Waals surface area contributed by atoms with Crippen molar-refractivity contribution in [3.8, 4) is 17.2 Å². The first-order valence-corrected chi connectivity index (χ1v) is 9.45. The number of rotatable bonds is 5. The molecule has 0 saturated heterocycles. The zero-order valence-corrected chi connectivity index (χ0v) is 16.3. The summed E-state index contributed by atoms with van der Waals surface area (Å²) in [4.78, 5) is 25.1. The Hall–Kier alpha value is -4.06. The van der Waals surface area contributed by atoms with E-state index in [1.165, 1.54) is 4.57 Å². The lowest BCUT2D eigenvalue weighted by molar-refractivity contribution is 0.0949. The molecule has 4 rings (SSSR count). The van der Waals surface area contributed by atoms with Crippen molar-refractivity contribution in [1.82, 2.24) is 9.88 Å². The molecule has 0 radical (unpaired) electrons. The number of amides is 1. The molecule has 0 bridgehead atoms. The van der Waals surface area contributed by atoms with E-state index in [4.69, 9.17) is 4.74 Å². The van der Waals surface area contributed by atoms with Crippen LogP contribution in [0, 0.1) is 0 Å². The fraction of sp³-hybridized carbons (Fsp3) is 0.0833. The topological polar surface area (TPSA) is 80.6 Å². The van der Waals surface area contributed by atoms with Gasteiger partial charge in [0.1, 0.15) is 11.5 Å². The lowest BCUT2D eigenvalue weighted by Gasteiger charge is -2.13. The number of ether oxygens (including phenoxy) is 1. The maximum absolute atomic E-state index is 12.8. The van der Waals surface area contributed by atoms with Gasteiger partial charge in [0.2, 0.25) is 0 Å². The smallest absolute Gasteiger partial charge is 0.293 e. The van der Waals surface area contributed by atoms with Gasteiger partial charge in [-0.3, -0.25) is 9.59 Å². The molecule has 1 amide bonds. The Morgan fingerprint density at radius 1 is 0.933 bits per heavy atom. The molecule has 0 atom stereocenters. The summed E-state index contributed by atoms with van der Waals surface area (Å²) >= 11 is 0. The molecule has 0 saturated carbocycles. The molecular weight excluding hydrogens is 380 g/mol. The molecule has 2 N–H and O–H groups in total. The van der Waals surface area contributed by atoms with E-state index >= 15 is 0 Å². The number of aromatic nitrogens is 1. The van der Waals surface area contributed by atoms with E-state index in [1.54, 1.807) is 31.3 Å². The molecular formula is C24H20N2O4. The van der Waals surface area contributed by atoms with Crippen LogP contribution in [0.3, 0.4) is 0 Å². The van der Waals surface area contributed by atoms with Crippen LogP contribution >= 0.6 is 0 Å². The van der Waals surface area contributed by atoms with Crippen molar-refractivity contribution >= 4 is 16.8 Å². The number of fused-ring (bicyclic) bond motifs is 1. The Morgan fingerprint density at radius 2 is 1.57 bits per heavy atom. The summed E-state index contributed by atoms with van der Waals surface area (Å²) in [5.41, 5.74) is 0.809. The number of pyridine rings is 1. The highest BCUT2D eigenvalue weighted by molar-refractivity contribution is 6.08. The summed E-state index contributed by atoms with van der Waals surface area (Å²) in [6.45, 7) is 0.243. The fourth-order valence-electron chi connectivity index (χ4n) is 3.28. The molecule has 0 aliphatic heterocycles. The molecule has 0 aliphatic carbocycles. The summed E-state index contributed by atoms with van der Waals surface area (Å²) < 4.78 is 7.09. The SMILES string of the molecule is Cn1c(=O)c(O)c(C(=O)NCc2ccc(Oc3ccccc3)cc2)c2ccccc21. The minimum Gasteiger partial charge on any atom is -0.502 e. The van der Waals surface area contributed by atoms with E-state index in [9.17, 15) is 14.7 Å². The second-order valence-corrected chi connectivity index (χ2v) is 6.85. The van der Waals surface area contributed by atoms with Gasteiger partial charge in [-0.1, -0.05) is 48.5 Å². The van der Waals surface area contributed by atoms with E-state index in [0.717, 1.165) is 11.3 Å². The lowest BCUT2D eigenvalue weighted by Crippen LogP contribution is -2.27. The van der Waals surface area contributed by atoms with Gasteiger partial charge in [-0.2, -0.15) is 0 Å². The van der Waals surface area contributed by atoms with Crippen molar-refractivity contribution in [3.63, 3.8) is 0 Å². The number of hydrogen-bond donors (Lipinski definition) is 2. The number of hydrogen-bond acceptors (Lipinski definition) is 4. The molecule has 0 aliphatic rings. The third-order valence-corrected chi connectivity index (χ3v) is 4.86. The van der Waals surface area contributed by atoms with Gasteiger partial charge in [0, 0.05) is 19.0 Å². The van der Waals surface area contributed by atoms with Crippen molar-refractivity contribution in [2.45, 2.75) is 6.54 Å². The van der Waals surface area contributed by atoms with Gasteiger partial charge in [-0.05, 0) is 35.9 Å². The van der Waals surface area contributed by atoms with Crippen molar-refractivity contribution < 1.29 is 14.6 Å². The molecule has 3 aromatic carbocycles. The van der Waals surface area contributed by atoms with Gasteiger partial charge in [0.15, 0.2) is 5.75 Å². The van der Waals surface area contributed by atoms with Gasteiger partial charge in [0.25, 0.3) is 11.5 Å². The lowest BCUT2D eigenvalue weighted by atomic mass is 10.1. The number of carbonyl (C=O) groups is 1. The average molecular weight is 400 g/mol. The number of para-hydroxylation sites is 2. The van der Waals surface area contributed by atoms with Crippen LogP contribution in [0.4, 0.5) is 0 Å². The van der Waals surface area contributed by atoms with Gasteiger partial charge in [-0.15, -0.1) is 0 Å². The van der Waals surface area contributed by atoms with Crippen molar-refractivity contribution in [2.75, 3.05) is 0 Å². The van der Waals surface area contributed by atoms with Crippen LogP contribution in [0.25, 0.3) is 10.9 Å². The normalized spacial score (nSPS) is 10.7. The largest absolute Gasteiger partial charge is 0.502 e. The van der Waals surface area contributed by atoms with Gasteiger partial charge >= 0.3 is 0 Å². The molecule has 30 heavy (non-hydrogen) atoms. The molecule has 0 fully saturated rings. The van der Waals surface area contributed by atoms with Gasteiger partial charge in [-0.25, -0.2) is 0 Å². The van der Waals surface area contributed by atoms with E-state index in [1.807, 2.05) is 54.6 Å². The molecule has 6 heteroatoms. The first-order chi connectivity index (χ1) is 14.5. The van der Waals surface area contributed by atoms with Crippen LogP contribution in [-0.4, -0.2) is 15.6 Å². The van der Waals surface area contributed by atoms with Gasteiger partial charge in [0.05, 0.1) is 11.1 Å². The number of aryl methyl sites for hydroxylation is 1. The van der Waals surface area contributed by atoms with Crippen molar-refractivity contribution in [3.05, 3.63) is 100 Å². The fourth-order valence-corrected chi connectivity index (χ4v) is 3.28. The quantitative estimate of drug-likeness (QED) is 0.531. The van der Waals surface area contributed by atoms with Crippen LogP contribution in [0.2, 0.25) is 0 Å². The highest BCUT2D eigenvalue weighted by Gasteiger charge is 2.20. The maximum atomic E-state index is 12.8. The number of nitrogens with one attached hydrogen (secondary N) is 1. The minimum absolute atomic E-state index is 0.0160. The van der Waals surface area contributed by atoms with E-state index in [2.05, 4.69) is 5.32 Å². The molecule has 1 heterocycles. The van der Waals surface area contributed by atoms with E-state index in [-0.39, 0.29) is 12.1 Å². The summed E-state index contributed by atoms with van der Waals surface area (Å²) in [5, 5.41) is 13.6. The first kappa shape index (κ1) is 19.3. The molecule has 0 unspecified atom stereocenters. The zero-order valence-electron chi connectivity index (χ0n) is 16.3. The van der Waals surface area contributed by atoms with Gasteiger partial charge < -0.3 is 19.7 Å². The predicted octanol–water partition coefficient (Wildman–Crippen LogP) is 3.97. The zero-order chi connectivity index (χ0) is 21.1. The first-order valence-electron chi connectivity index (χ1n) is 9.45. The highest BCUT2D eigenvalue weighted by atomic mass is 16.5. The minimum atomic E-state index is -0.610. The maximum Gasteiger partial charge on any atom is 0.293 e. The van der Waals surface area contributed by atoms with E-state index < -0.39 is 17.2 Å². The summed E-state index contributed by atoms with van der Waals surface area (Å²) in [6, 6.07) is 23.8. The standard InChI is InChI=1S/C24H20N2O4/c1-26-20-10-6-5-9-19(20)21(22(27)24(26)29)23(28)25-15-16-11-13-18(14-12-16)30-17-7-3-2-4-8-17/h2-14,27H,15H2,1H3,(H,25,28). The van der Waals surface area contributed by atoms with Crippen LogP contribution in [0.15, 0.2) is 83.7 Å². The highest BCUT2D eigenvalue weighted by Crippen LogP contribution is 2.24. The monoisotopic (exact) mass is 400 g/mol. The Kier molecular flexibility index (Phi) is 5.22. The van der Waals surface area contributed by atoms with Crippen LogP contribution < -0.4 is 15.6 Å². The van der Waals surface area contributed by atoms with Crippen molar-refractivity contribution in [1.29, 1.82) is 0 Å². The molecule has 0 spiro atoms. The number of benzene rings is 3. The molecule has 6 nitrogen and oxygen atoms in total. The molecule has 1 aromatic heterocycles. The van der Waals surface area contributed by atoms with Crippen LogP contribution in [0.5, 0.6) is 17.2 Å². The Balaban J connectivity index is 1.51. The Morgan fingerprint density at radius 3 is 2.30 bits per heavy atom. The summed E-state index contributed by atoms with van der Waals surface area (Å²) in [5.74, 6) is 0.365. The second-order valence-electron chi connectivity index (χ2n) is 6.85. The second kappa shape index (κ2) is 8.13. The predicted molar refractivity (Wildman–Crippen MR) is 115 cm³/mol. The third-order valence-electron chi connectivity index (χ3n) is 4.86. The summed E-state index contributed by atoms with van der Waals surface area (Å²) in [7, 11) is 1.56. The summed E-state index contributed by atoms with van der Waals surface area (Å²) in [6.07, 6.45) is 0. The third kappa shape index (κ3) is 3.75. The van der Waals surface area contributed by atoms with Crippen LogP contribution in [-0.2, 0) is 13.6 Å². The van der Waals surface area contributed by atoms with Crippen LogP contribution in [0.1, 0.15) is 15.9 Å². The Labute approximate surface area is 173 Å².